The Morgan fingerprint density at radius 3 is 2.42 bits per heavy atom. The first kappa shape index (κ1) is 13.3. The smallest absolute Gasteiger partial charge is 0.139 e. The number of nitrogen functional groups attached to an aromatic ring is 1. The van der Waals surface area contributed by atoms with Crippen molar-refractivity contribution in [3.63, 3.8) is 0 Å². The first-order valence-corrected chi connectivity index (χ1v) is 5.60. The fraction of sp³-hybridized carbons (Fsp3) is 0.143. The van der Waals surface area contributed by atoms with Gasteiger partial charge in [-0.25, -0.2) is 8.78 Å². The minimum Gasteiger partial charge on any atom is -0.497 e. The Morgan fingerprint density at radius 1 is 1.16 bits per heavy atom. The Labute approximate surface area is 109 Å². The highest BCUT2D eigenvalue weighted by Crippen LogP contribution is 2.33. The number of aliphatic hydroxyl groups is 1. The number of rotatable bonds is 3. The normalized spacial score (nSPS) is 10.5. The SMILES string of the molecule is COc1ccc(-c2ccc(F)c(CO)c2F)c(N)c1. The molecule has 0 spiro atoms. The van der Waals surface area contributed by atoms with E-state index in [1.165, 1.54) is 13.2 Å². The van der Waals surface area contributed by atoms with Crippen LogP contribution in [0.15, 0.2) is 30.3 Å². The maximum Gasteiger partial charge on any atom is 0.139 e. The lowest BCUT2D eigenvalue weighted by atomic mass is 10.00. The zero-order chi connectivity index (χ0) is 14.0. The second-order valence-electron chi connectivity index (χ2n) is 4.00. The summed E-state index contributed by atoms with van der Waals surface area (Å²) in [4.78, 5) is 0. The summed E-state index contributed by atoms with van der Waals surface area (Å²) < 4.78 is 32.4. The van der Waals surface area contributed by atoms with Crippen LogP contribution in [0, 0.1) is 11.6 Å². The minimum atomic E-state index is -0.806. The van der Waals surface area contributed by atoms with E-state index in [1.807, 2.05) is 0 Å². The number of methoxy groups -OCH3 is 1. The van der Waals surface area contributed by atoms with Crippen LogP contribution in [0.25, 0.3) is 11.1 Å². The summed E-state index contributed by atoms with van der Waals surface area (Å²) in [6, 6.07) is 7.17. The van der Waals surface area contributed by atoms with E-state index in [1.54, 1.807) is 18.2 Å². The molecule has 0 aliphatic heterocycles. The minimum absolute atomic E-state index is 0.144. The van der Waals surface area contributed by atoms with Crippen molar-refractivity contribution in [2.24, 2.45) is 0 Å². The van der Waals surface area contributed by atoms with Crippen LogP contribution in [0.2, 0.25) is 0 Å². The summed E-state index contributed by atoms with van der Waals surface area (Å²) in [5.74, 6) is -1.04. The van der Waals surface area contributed by atoms with Gasteiger partial charge in [0.05, 0.1) is 13.7 Å². The number of anilines is 1. The molecule has 2 aromatic carbocycles. The number of aliphatic hydroxyl groups excluding tert-OH is 1. The Hall–Kier alpha value is -2.14. The highest BCUT2D eigenvalue weighted by Gasteiger charge is 2.16. The fourth-order valence-electron chi connectivity index (χ4n) is 1.86. The number of nitrogens with two attached hydrogens (primary N) is 1. The topological polar surface area (TPSA) is 55.5 Å². The monoisotopic (exact) mass is 265 g/mol. The molecule has 5 heteroatoms. The summed E-state index contributed by atoms with van der Waals surface area (Å²) >= 11 is 0. The fourth-order valence-corrected chi connectivity index (χ4v) is 1.86. The van der Waals surface area contributed by atoms with Crippen LogP contribution in [-0.4, -0.2) is 12.2 Å². The number of hydrogen-bond acceptors (Lipinski definition) is 3. The van der Waals surface area contributed by atoms with Crippen molar-refractivity contribution in [3.8, 4) is 16.9 Å². The van der Waals surface area contributed by atoms with Gasteiger partial charge in [0.1, 0.15) is 17.4 Å². The average Bonchev–Trinajstić information content (AvgIpc) is 2.40. The summed E-state index contributed by atoms with van der Waals surface area (Å²) in [7, 11) is 1.50. The van der Waals surface area contributed by atoms with Gasteiger partial charge in [0.2, 0.25) is 0 Å². The third-order valence-electron chi connectivity index (χ3n) is 2.89. The molecule has 0 fully saturated rings. The van der Waals surface area contributed by atoms with Gasteiger partial charge in [0.15, 0.2) is 0 Å². The van der Waals surface area contributed by atoms with Gasteiger partial charge in [-0.3, -0.25) is 0 Å². The third kappa shape index (κ3) is 2.37. The van der Waals surface area contributed by atoms with E-state index in [-0.39, 0.29) is 11.1 Å². The molecular weight excluding hydrogens is 252 g/mol. The van der Waals surface area contributed by atoms with Crippen LogP contribution < -0.4 is 10.5 Å². The molecule has 0 aromatic heterocycles. The molecule has 0 heterocycles. The molecule has 3 N–H and O–H groups in total. The first-order chi connectivity index (χ1) is 9.08. The second kappa shape index (κ2) is 5.24. The molecule has 3 nitrogen and oxygen atoms in total. The van der Waals surface area contributed by atoms with E-state index in [4.69, 9.17) is 15.6 Å². The number of ether oxygens (including phenoxy) is 1. The van der Waals surface area contributed by atoms with Gasteiger partial charge in [-0.15, -0.1) is 0 Å². The van der Waals surface area contributed by atoms with E-state index >= 15 is 0 Å². The van der Waals surface area contributed by atoms with Crippen molar-refractivity contribution in [1.29, 1.82) is 0 Å². The molecule has 2 rings (SSSR count). The molecule has 0 aliphatic carbocycles. The van der Waals surface area contributed by atoms with Crippen LogP contribution in [0.4, 0.5) is 14.5 Å². The van der Waals surface area contributed by atoms with Crippen molar-refractivity contribution in [1.82, 2.24) is 0 Å². The third-order valence-corrected chi connectivity index (χ3v) is 2.89. The largest absolute Gasteiger partial charge is 0.497 e. The van der Waals surface area contributed by atoms with Gasteiger partial charge in [0.25, 0.3) is 0 Å². The zero-order valence-corrected chi connectivity index (χ0v) is 10.3. The standard InChI is InChI=1S/C14H13F2NO2/c1-19-8-2-3-9(13(17)6-8)10-4-5-12(15)11(7-18)14(10)16/h2-6,18H,7,17H2,1H3. The summed E-state index contributed by atoms with van der Waals surface area (Å²) in [5.41, 5.74) is 6.34. The molecule has 100 valence electrons. The predicted octanol–water partition coefficient (Wildman–Crippen LogP) is 2.71. The molecular formula is C14H13F2NO2. The van der Waals surface area contributed by atoms with Crippen molar-refractivity contribution >= 4 is 5.69 Å². The summed E-state index contributed by atoms with van der Waals surface area (Å²) in [5, 5.41) is 8.99. The predicted molar refractivity (Wildman–Crippen MR) is 68.7 cm³/mol. The van der Waals surface area contributed by atoms with Gasteiger partial charge in [0, 0.05) is 28.4 Å². The van der Waals surface area contributed by atoms with E-state index in [0.717, 1.165) is 6.07 Å². The highest BCUT2D eigenvalue weighted by molar-refractivity contribution is 5.78. The molecule has 0 aliphatic rings. The van der Waals surface area contributed by atoms with Gasteiger partial charge in [-0.05, 0) is 24.3 Å². The molecule has 0 atom stereocenters. The van der Waals surface area contributed by atoms with Gasteiger partial charge in [-0.1, -0.05) is 0 Å². The van der Waals surface area contributed by atoms with E-state index in [0.29, 0.717) is 17.0 Å². The zero-order valence-electron chi connectivity index (χ0n) is 10.3. The van der Waals surface area contributed by atoms with Crippen molar-refractivity contribution in [2.45, 2.75) is 6.61 Å². The number of halogens is 2. The van der Waals surface area contributed by atoms with Crippen molar-refractivity contribution in [2.75, 3.05) is 12.8 Å². The maximum atomic E-state index is 14.1. The highest BCUT2D eigenvalue weighted by atomic mass is 19.1. The van der Waals surface area contributed by atoms with Crippen LogP contribution in [0.5, 0.6) is 5.75 Å². The molecule has 0 unspecified atom stereocenters. The van der Waals surface area contributed by atoms with E-state index in [2.05, 4.69) is 0 Å². The van der Waals surface area contributed by atoms with Gasteiger partial charge < -0.3 is 15.6 Å². The van der Waals surface area contributed by atoms with Crippen LogP contribution in [0.3, 0.4) is 0 Å². The van der Waals surface area contributed by atoms with Crippen molar-refractivity contribution < 1.29 is 18.6 Å². The van der Waals surface area contributed by atoms with Gasteiger partial charge in [-0.2, -0.15) is 0 Å². The summed E-state index contributed by atoms with van der Waals surface area (Å²) in [6.07, 6.45) is 0. The Balaban J connectivity index is 2.59. The number of benzene rings is 2. The Bertz CT molecular complexity index is 615. The Kier molecular flexibility index (Phi) is 3.66. The van der Waals surface area contributed by atoms with Crippen molar-refractivity contribution in [3.05, 3.63) is 47.5 Å². The lowest BCUT2D eigenvalue weighted by Gasteiger charge is -2.11. The quantitative estimate of drug-likeness (QED) is 0.839. The van der Waals surface area contributed by atoms with E-state index < -0.39 is 18.2 Å². The molecule has 19 heavy (non-hydrogen) atoms. The van der Waals surface area contributed by atoms with Crippen LogP contribution in [-0.2, 0) is 6.61 Å². The Morgan fingerprint density at radius 2 is 1.84 bits per heavy atom. The summed E-state index contributed by atoms with van der Waals surface area (Å²) in [6.45, 7) is -0.707. The van der Waals surface area contributed by atoms with Crippen LogP contribution >= 0.6 is 0 Å². The second-order valence-corrected chi connectivity index (χ2v) is 4.00. The number of hydrogen-bond donors (Lipinski definition) is 2. The lowest BCUT2D eigenvalue weighted by Crippen LogP contribution is -2.00. The lowest BCUT2D eigenvalue weighted by molar-refractivity contribution is 0.269. The molecule has 0 radical (unpaired) electrons. The molecule has 0 bridgehead atoms. The average molecular weight is 265 g/mol. The molecule has 0 saturated heterocycles. The molecule has 2 aromatic rings. The van der Waals surface area contributed by atoms with Crippen LogP contribution in [0.1, 0.15) is 5.56 Å². The molecule has 0 amide bonds. The maximum absolute atomic E-state index is 14.1. The molecule has 0 saturated carbocycles. The van der Waals surface area contributed by atoms with E-state index in [9.17, 15) is 8.78 Å². The van der Waals surface area contributed by atoms with Gasteiger partial charge >= 0.3 is 0 Å². The first-order valence-electron chi connectivity index (χ1n) is 5.60.